The van der Waals surface area contributed by atoms with Gasteiger partial charge in [-0.3, -0.25) is 0 Å². The number of allylic oxidation sites excluding steroid dienone is 4. The van der Waals surface area contributed by atoms with Crippen molar-refractivity contribution in [1.82, 2.24) is 0 Å². The number of carboxylic acid groups (broad SMARTS) is 1. The number of aromatic carboxylic acids is 1. The van der Waals surface area contributed by atoms with Crippen molar-refractivity contribution in [2.75, 3.05) is 0 Å². The van der Waals surface area contributed by atoms with Gasteiger partial charge in [0, 0.05) is 0 Å². The quantitative estimate of drug-likeness (QED) is 0.358. The summed E-state index contributed by atoms with van der Waals surface area (Å²) in [6.07, 6.45) is 9.61. The van der Waals surface area contributed by atoms with Crippen molar-refractivity contribution in [3.63, 3.8) is 0 Å². The van der Waals surface area contributed by atoms with Crippen molar-refractivity contribution >= 4 is 33.1 Å². The van der Waals surface area contributed by atoms with E-state index in [-0.39, 0.29) is 0 Å². The largest absolute Gasteiger partial charge is 0.478 e. The van der Waals surface area contributed by atoms with Gasteiger partial charge in [-0.1, -0.05) is 84.5 Å². The van der Waals surface area contributed by atoms with Crippen LogP contribution in [0.1, 0.15) is 40.7 Å². The summed E-state index contributed by atoms with van der Waals surface area (Å²) < 4.78 is 0. The van der Waals surface area contributed by atoms with E-state index in [1.807, 2.05) is 30.3 Å². The fourth-order valence-electron chi connectivity index (χ4n) is 4.71. The Bertz CT molecular complexity index is 1360. The zero-order valence-electron chi connectivity index (χ0n) is 17.3. The van der Waals surface area contributed by atoms with E-state index in [0.29, 0.717) is 5.56 Å². The Morgan fingerprint density at radius 3 is 2.32 bits per heavy atom. The average Bonchev–Trinajstić information content (AvgIpc) is 2.83. The average molecular weight is 405 g/mol. The highest BCUT2D eigenvalue weighted by molar-refractivity contribution is 5.95. The van der Waals surface area contributed by atoms with Gasteiger partial charge >= 0.3 is 5.97 Å². The van der Waals surface area contributed by atoms with Crippen LogP contribution >= 0.6 is 0 Å². The number of fused-ring (bicyclic) bond motifs is 5. The maximum absolute atomic E-state index is 10.6. The second kappa shape index (κ2) is 8.23. The Morgan fingerprint density at radius 2 is 1.48 bits per heavy atom. The lowest BCUT2D eigenvalue weighted by Crippen LogP contribution is -2.06. The second-order valence-corrected chi connectivity index (χ2v) is 8.14. The summed E-state index contributed by atoms with van der Waals surface area (Å²) in [6.45, 7) is 0. The van der Waals surface area contributed by atoms with E-state index >= 15 is 0 Å². The van der Waals surface area contributed by atoms with E-state index in [1.165, 1.54) is 47.6 Å². The van der Waals surface area contributed by atoms with Crippen LogP contribution in [0.2, 0.25) is 0 Å². The molecule has 0 aromatic heterocycles. The first-order valence-electron chi connectivity index (χ1n) is 10.8. The lowest BCUT2D eigenvalue weighted by atomic mass is 9.80. The van der Waals surface area contributed by atoms with Crippen LogP contribution < -0.4 is 0 Å². The molecule has 0 saturated carbocycles. The van der Waals surface area contributed by atoms with Crippen LogP contribution in [-0.4, -0.2) is 11.1 Å². The first-order chi connectivity index (χ1) is 15.2. The van der Waals surface area contributed by atoms with Crippen molar-refractivity contribution in [2.24, 2.45) is 0 Å². The van der Waals surface area contributed by atoms with Gasteiger partial charge in [0.2, 0.25) is 0 Å². The molecule has 0 radical (unpaired) electrons. The van der Waals surface area contributed by atoms with Crippen molar-refractivity contribution in [3.8, 4) is 0 Å². The lowest BCUT2D eigenvalue weighted by molar-refractivity contribution is 0.0697. The molecule has 0 atom stereocenters. The lowest BCUT2D eigenvalue weighted by Gasteiger charge is -2.25. The fraction of sp³-hybridized carbons (Fsp3) is 0.138. The van der Waals surface area contributed by atoms with Crippen molar-refractivity contribution < 1.29 is 9.90 Å². The molecule has 31 heavy (non-hydrogen) atoms. The number of hydrogen-bond acceptors (Lipinski definition) is 1. The van der Waals surface area contributed by atoms with Crippen LogP contribution in [0.25, 0.3) is 27.1 Å². The highest BCUT2D eigenvalue weighted by atomic mass is 16.4. The molecule has 6 rings (SSSR count). The zero-order chi connectivity index (χ0) is 21.2. The molecule has 0 amide bonds. The Balaban J connectivity index is 0.000000140. The summed E-state index contributed by atoms with van der Waals surface area (Å²) >= 11 is 0. The number of carbonyl (C=O) groups is 1. The SMILES string of the molecule is C1=CC2=C(CC1)CCc1c2ccc2ccccc12.O=C(O)c1ccc2ccccc2c1. The monoisotopic (exact) mass is 404 g/mol. The van der Waals surface area contributed by atoms with E-state index in [1.54, 1.807) is 23.3 Å². The van der Waals surface area contributed by atoms with E-state index < -0.39 is 5.97 Å². The molecule has 0 spiro atoms. The molecule has 4 aromatic rings. The molecule has 0 bridgehead atoms. The number of carboxylic acids is 1. The Hall–Kier alpha value is -3.65. The Labute approximate surface area is 182 Å². The topological polar surface area (TPSA) is 37.3 Å². The number of benzene rings is 4. The molecule has 2 nitrogen and oxygen atoms in total. The molecule has 2 heteroatoms. The van der Waals surface area contributed by atoms with Gasteiger partial charge in [0.25, 0.3) is 0 Å². The predicted molar refractivity (Wildman–Crippen MR) is 128 cm³/mol. The van der Waals surface area contributed by atoms with Gasteiger partial charge in [-0.25, -0.2) is 4.79 Å². The molecule has 0 unspecified atom stereocenters. The third-order valence-corrected chi connectivity index (χ3v) is 6.28. The zero-order valence-corrected chi connectivity index (χ0v) is 17.3. The second-order valence-electron chi connectivity index (χ2n) is 8.14. The number of aryl methyl sites for hydroxylation is 1. The first kappa shape index (κ1) is 19.3. The normalized spacial score (nSPS) is 14.6. The molecule has 152 valence electrons. The smallest absolute Gasteiger partial charge is 0.335 e. The molecule has 2 aliphatic rings. The number of rotatable bonds is 1. The van der Waals surface area contributed by atoms with E-state index in [9.17, 15) is 4.79 Å². The van der Waals surface area contributed by atoms with E-state index in [2.05, 4.69) is 48.6 Å². The molecule has 0 heterocycles. The van der Waals surface area contributed by atoms with Crippen molar-refractivity contribution in [1.29, 1.82) is 0 Å². The molecule has 4 aromatic carbocycles. The highest BCUT2D eigenvalue weighted by Crippen LogP contribution is 2.39. The molecule has 0 fully saturated rings. The van der Waals surface area contributed by atoms with Gasteiger partial charge in [0.15, 0.2) is 0 Å². The van der Waals surface area contributed by atoms with Gasteiger partial charge in [-0.15, -0.1) is 0 Å². The van der Waals surface area contributed by atoms with Crippen molar-refractivity contribution in [2.45, 2.75) is 25.7 Å². The van der Waals surface area contributed by atoms with Gasteiger partial charge in [-0.2, -0.15) is 0 Å². The summed E-state index contributed by atoms with van der Waals surface area (Å²) in [6, 6.07) is 26.2. The minimum Gasteiger partial charge on any atom is -0.478 e. The van der Waals surface area contributed by atoms with Gasteiger partial charge < -0.3 is 5.11 Å². The molecular weight excluding hydrogens is 380 g/mol. The summed E-state index contributed by atoms with van der Waals surface area (Å²) in [7, 11) is 0. The molecular formula is C29H24O2. The third-order valence-electron chi connectivity index (χ3n) is 6.28. The van der Waals surface area contributed by atoms with Gasteiger partial charge in [0.1, 0.15) is 0 Å². The third kappa shape index (κ3) is 3.77. The van der Waals surface area contributed by atoms with Crippen LogP contribution in [0, 0.1) is 0 Å². The summed E-state index contributed by atoms with van der Waals surface area (Å²) in [5.74, 6) is -0.884. The predicted octanol–water partition coefficient (Wildman–Crippen LogP) is 7.43. The van der Waals surface area contributed by atoms with E-state index in [0.717, 1.165) is 10.8 Å². The van der Waals surface area contributed by atoms with Crippen LogP contribution in [-0.2, 0) is 6.42 Å². The molecule has 1 N–H and O–H groups in total. The van der Waals surface area contributed by atoms with Crippen LogP contribution in [0.4, 0.5) is 0 Å². The van der Waals surface area contributed by atoms with Gasteiger partial charge in [0.05, 0.1) is 5.56 Å². The van der Waals surface area contributed by atoms with Crippen LogP contribution in [0.3, 0.4) is 0 Å². The molecule has 0 saturated heterocycles. The fourth-order valence-corrected chi connectivity index (χ4v) is 4.71. The van der Waals surface area contributed by atoms with Gasteiger partial charge in [-0.05, 0) is 76.1 Å². The van der Waals surface area contributed by atoms with Crippen LogP contribution in [0.15, 0.2) is 96.6 Å². The highest BCUT2D eigenvalue weighted by Gasteiger charge is 2.20. The first-order valence-corrected chi connectivity index (χ1v) is 10.8. The summed E-state index contributed by atoms with van der Waals surface area (Å²) in [5.41, 5.74) is 6.54. The van der Waals surface area contributed by atoms with Crippen molar-refractivity contribution in [3.05, 3.63) is 113 Å². The molecule has 0 aliphatic heterocycles. The minimum absolute atomic E-state index is 0.332. The Morgan fingerprint density at radius 1 is 0.742 bits per heavy atom. The Kier molecular flexibility index (Phi) is 5.13. The minimum atomic E-state index is -0.884. The van der Waals surface area contributed by atoms with Crippen LogP contribution in [0.5, 0.6) is 0 Å². The molecule has 2 aliphatic carbocycles. The summed E-state index contributed by atoms with van der Waals surface area (Å²) in [5, 5.41) is 13.6. The van der Waals surface area contributed by atoms with E-state index in [4.69, 9.17) is 5.11 Å². The maximum Gasteiger partial charge on any atom is 0.335 e. The standard InChI is InChI=1S/C18H16.C11H8O2/c1-3-7-15-13(5-1)9-11-18-16-8-4-2-6-14(16)10-12-17(15)18;12-11(13)10-6-5-8-3-1-2-4-9(8)7-10/h1,3-5,7-9,11H,2,6,10,12H2;1-7H,(H,12,13). The number of hydrogen-bond donors (Lipinski definition) is 1. The maximum atomic E-state index is 10.6. The summed E-state index contributed by atoms with van der Waals surface area (Å²) in [4.78, 5) is 10.6.